The number of aromatic nitrogens is 2. The van der Waals surface area contributed by atoms with Gasteiger partial charge in [0.05, 0.1) is 30.0 Å². The van der Waals surface area contributed by atoms with Crippen molar-refractivity contribution in [3.8, 4) is 0 Å². The Morgan fingerprint density at radius 3 is 2.96 bits per heavy atom. The maximum Gasteiger partial charge on any atom is 0.341 e. The zero-order chi connectivity index (χ0) is 17.1. The topological polar surface area (TPSA) is 64.4 Å². The summed E-state index contributed by atoms with van der Waals surface area (Å²) >= 11 is 1.55. The summed E-state index contributed by atoms with van der Waals surface area (Å²) in [6.45, 7) is 5.45. The number of piperidine rings is 1. The van der Waals surface area contributed by atoms with Crippen LogP contribution in [0.25, 0.3) is 0 Å². The third-order valence-electron chi connectivity index (χ3n) is 4.26. The Morgan fingerprint density at radius 2 is 2.25 bits per heavy atom. The first-order valence-corrected chi connectivity index (χ1v) is 9.07. The lowest BCUT2D eigenvalue weighted by Gasteiger charge is -2.33. The van der Waals surface area contributed by atoms with Gasteiger partial charge in [0.25, 0.3) is 5.91 Å². The zero-order valence-electron chi connectivity index (χ0n) is 13.9. The lowest BCUT2D eigenvalue weighted by Crippen LogP contribution is -2.40. The van der Waals surface area contributed by atoms with Crippen LogP contribution in [0.3, 0.4) is 0 Å². The van der Waals surface area contributed by atoms with E-state index in [0.717, 1.165) is 30.5 Å². The molecule has 2 aromatic heterocycles. The average molecular weight is 347 g/mol. The van der Waals surface area contributed by atoms with Crippen LogP contribution >= 0.6 is 11.3 Å². The van der Waals surface area contributed by atoms with Crippen LogP contribution in [0.15, 0.2) is 23.2 Å². The van der Waals surface area contributed by atoms with Crippen molar-refractivity contribution in [1.82, 2.24) is 14.7 Å². The monoisotopic (exact) mass is 347 g/mol. The van der Waals surface area contributed by atoms with Crippen molar-refractivity contribution >= 4 is 23.2 Å². The molecule has 1 aliphatic rings. The first kappa shape index (κ1) is 16.7. The number of hydrogen-bond acceptors (Lipinski definition) is 5. The van der Waals surface area contributed by atoms with Gasteiger partial charge in [0, 0.05) is 24.7 Å². The molecule has 7 heteroatoms. The Morgan fingerprint density at radius 1 is 1.42 bits per heavy atom. The van der Waals surface area contributed by atoms with Crippen LogP contribution in [0, 0.1) is 6.92 Å². The van der Waals surface area contributed by atoms with E-state index in [0.29, 0.717) is 18.7 Å². The highest BCUT2D eigenvalue weighted by atomic mass is 32.1. The number of carbonyl (C=O) groups is 2. The first-order chi connectivity index (χ1) is 11.6. The van der Waals surface area contributed by atoms with Crippen molar-refractivity contribution in [3.63, 3.8) is 0 Å². The highest BCUT2D eigenvalue weighted by molar-refractivity contribution is 7.08. The third-order valence-corrected chi connectivity index (χ3v) is 5.12. The van der Waals surface area contributed by atoms with Gasteiger partial charge >= 0.3 is 5.97 Å². The first-order valence-electron chi connectivity index (χ1n) is 8.13. The molecule has 0 spiro atoms. The Labute approximate surface area is 145 Å². The number of carbonyl (C=O) groups excluding carboxylic acids is 2. The van der Waals surface area contributed by atoms with Gasteiger partial charge in [-0.1, -0.05) is 0 Å². The Hall–Kier alpha value is -2.15. The van der Waals surface area contributed by atoms with E-state index in [2.05, 4.69) is 5.10 Å². The normalized spacial score (nSPS) is 17.8. The van der Waals surface area contributed by atoms with E-state index in [1.165, 1.54) is 6.20 Å². The van der Waals surface area contributed by atoms with E-state index in [1.807, 2.05) is 22.6 Å². The van der Waals surface area contributed by atoms with Crippen molar-refractivity contribution < 1.29 is 14.3 Å². The van der Waals surface area contributed by atoms with Crippen LogP contribution in [-0.2, 0) is 4.74 Å². The van der Waals surface area contributed by atoms with Gasteiger partial charge in [0.15, 0.2) is 0 Å². The third kappa shape index (κ3) is 3.36. The van der Waals surface area contributed by atoms with Gasteiger partial charge in [-0.05, 0) is 37.6 Å². The molecule has 3 rings (SSSR count). The number of esters is 1. The molecule has 0 radical (unpaired) electrons. The maximum atomic E-state index is 12.7. The van der Waals surface area contributed by atoms with Crippen molar-refractivity contribution in [3.05, 3.63) is 39.8 Å². The fourth-order valence-corrected chi connectivity index (χ4v) is 3.78. The summed E-state index contributed by atoms with van der Waals surface area (Å²) in [5, 5.41) is 8.20. The van der Waals surface area contributed by atoms with Crippen molar-refractivity contribution in [2.75, 3.05) is 19.7 Å². The minimum Gasteiger partial charge on any atom is -0.462 e. The average Bonchev–Trinajstić information content (AvgIpc) is 3.24. The second kappa shape index (κ2) is 7.17. The standard InChI is InChI=1S/C17H21N3O3S/c1-3-23-17(22)13-7-18-20(8-13)14-5-4-6-19(9-14)16(21)15-11-24-10-12(15)2/h7-8,10-11,14H,3-6,9H2,1-2H3/t14-/m1/s1. The minimum absolute atomic E-state index is 0.0798. The van der Waals surface area contributed by atoms with Crippen LogP contribution in [0.1, 0.15) is 52.1 Å². The molecule has 128 valence electrons. The molecule has 0 aliphatic carbocycles. The van der Waals surface area contributed by atoms with Crippen LogP contribution in [0.4, 0.5) is 0 Å². The molecule has 0 aromatic carbocycles. The molecule has 0 bridgehead atoms. The number of rotatable bonds is 4. The molecule has 1 atom stereocenters. The zero-order valence-corrected chi connectivity index (χ0v) is 14.7. The smallest absolute Gasteiger partial charge is 0.341 e. The summed E-state index contributed by atoms with van der Waals surface area (Å²) in [5.41, 5.74) is 2.26. The fraction of sp³-hybridized carbons (Fsp3) is 0.471. The highest BCUT2D eigenvalue weighted by Gasteiger charge is 2.27. The lowest BCUT2D eigenvalue weighted by molar-refractivity contribution is 0.0525. The van der Waals surface area contributed by atoms with Crippen molar-refractivity contribution in [2.45, 2.75) is 32.7 Å². The predicted octanol–water partition coefficient (Wildman–Crippen LogP) is 2.91. The van der Waals surface area contributed by atoms with E-state index in [-0.39, 0.29) is 17.9 Å². The number of hydrogen-bond donors (Lipinski definition) is 0. The second-order valence-electron chi connectivity index (χ2n) is 5.95. The van der Waals surface area contributed by atoms with E-state index < -0.39 is 0 Å². The van der Waals surface area contributed by atoms with Crippen LogP contribution in [0.2, 0.25) is 0 Å². The summed E-state index contributed by atoms with van der Waals surface area (Å²) in [6, 6.07) is 0.0878. The SMILES string of the molecule is CCOC(=O)c1cnn([C@@H]2CCCN(C(=O)c3cscc3C)C2)c1. The Balaban J connectivity index is 1.71. The van der Waals surface area contributed by atoms with Gasteiger partial charge in [-0.2, -0.15) is 16.4 Å². The molecule has 1 amide bonds. The molecule has 1 fully saturated rings. The van der Waals surface area contributed by atoms with Gasteiger partial charge in [-0.25, -0.2) is 4.79 Å². The summed E-state index contributed by atoms with van der Waals surface area (Å²) in [7, 11) is 0. The maximum absolute atomic E-state index is 12.7. The molecule has 0 unspecified atom stereocenters. The summed E-state index contributed by atoms with van der Waals surface area (Å²) in [6.07, 6.45) is 5.11. The summed E-state index contributed by atoms with van der Waals surface area (Å²) in [5.74, 6) is -0.280. The van der Waals surface area contributed by atoms with Gasteiger partial charge in [-0.3, -0.25) is 9.48 Å². The Bertz CT molecular complexity index is 737. The lowest BCUT2D eigenvalue weighted by atomic mass is 10.0. The molecule has 2 aromatic rings. The number of ether oxygens (including phenoxy) is 1. The number of amides is 1. The molecular formula is C17H21N3O3S. The van der Waals surface area contributed by atoms with Gasteiger partial charge < -0.3 is 9.64 Å². The quantitative estimate of drug-likeness (QED) is 0.798. The molecule has 24 heavy (non-hydrogen) atoms. The second-order valence-corrected chi connectivity index (χ2v) is 6.69. The number of thiophene rings is 1. The van der Waals surface area contributed by atoms with Gasteiger partial charge in [0.2, 0.25) is 0 Å². The van der Waals surface area contributed by atoms with Crippen LogP contribution in [0.5, 0.6) is 0 Å². The number of likely N-dealkylation sites (tertiary alicyclic amines) is 1. The predicted molar refractivity (Wildman–Crippen MR) is 91.4 cm³/mol. The molecule has 1 aliphatic heterocycles. The Kier molecular flexibility index (Phi) is 4.99. The highest BCUT2D eigenvalue weighted by Crippen LogP contribution is 2.24. The number of nitrogens with zero attached hydrogens (tertiary/aromatic N) is 3. The van der Waals surface area contributed by atoms with E-state index in [1.54, 1.807) is 29.1 Å². The molecule has 0 saturated carbocycles. The van der Waals surface area contributed by atoms with E-state index in [9.17, 15) is 9.59 Å². The number of aryl methyl sites for hydroxylation is 1. The molecule has 0 N–H and O–H groups in total. The molecule has 6 nitrogen and oxygen atoms in total. The van der Waals surface area contributed by atoms with Crippen molar-refractivity contribution in [2.24, 2.45) is 0 Å². The molecule has 3 heterocycles. The largest absolute Gasteiger partial charge is 0.462 e. The van der Waals surface area contributed by atoms with E-state index >= 15 is 0 Å². The van der Waals surface area contributed by atoms with Crippen molar-refractivity contribution in [1.29, 1.82) is 0 Å². The van der Waals surface area contributed by atoms with Gasteiger partial charge in [-0.15, -0.1) is 0 Å². The summed E-state index contributed by atoms with van der Waals surface area (Å²) in [4.78, 5) is 26.3. The van der Waals surface area contributed by atoms with Crippen LogP contribution < -0.4 is 0 Å². The van der Waals surface area contributed by atoms with Gasteiger partial charge in [0.1, 0.15) is 0 Å². The van der Waals surface area contributed by atoms with Crippen LogP contribution in [-0.4, -0.2) is 46.3 Å². The molecular weight excluding hydrogens is 326 g/mol. The van der Waals surface area contributed by atoms with E-state index in [4.69, 9.17) is 4.74 Å². The summed E-state index contributed by atoms with van der Waals surface area (Å²) < 4.78 is 6.78. The fourth-order valence-electron chi connectivity index (χ4n) is 2.96. The minimum atomic E-state index is -0.360. The molecule has 1 saturated heterocycles.